The lowest BCUT2D eigenvalue weighted by Gasteiger charge is -2.31. The molecule has 2 aromatic heterocycles. The number of carbonyl (C=O) groups excluding carboxylic acids is 2. The van der Waals surface area contributed by atoms with E-state index in [0.717, 1.165) is 36.2 Å². The van der Waals surface area contributed by atoms with E-state index in [0.29, 0.717) is 34.2 Å². The van der Waals surface area contributed by atoms with Crippen molar-refractivity contribution in [2.75, 3.05) is 25.5 Å². The summed E-state index contributed by atoms with van der Waals surface area (Å²) in [5, 5.41) is 7.76. The first-order valence-corrected chi connectivity index (χ1v) is 13.6. The molecule has 0 radical (unpaired) electrons. The predicted octanol–water partition coefficient (Wildman–Crippen LogP) is 4.95. The molecule has 3 aromatic carbocycles. The minimum absolute atomic E-state index is 0.00214. The SMILES string of the molecule is COc1cc(C(=O)N2CCC2)ccc1Nc1nc2ccc(-c3ccc(CC(=O)[C@H](N)c4ccc(F)cc4)cc3)cn2n1. The molecule has 1 amide bonds. The van der Waals surface area contributed by atoms with Crippen molar-refractivity contribution in [1.29, 1.82) is 0 Å². The summed E-state index contributed by atoms with van der Waals surface area (Å²) in [4.78, 5) is 31.6. The molecule has 212 valence electrons. The summed E-state index contributed by atoms with van der Waals surface area (Å²) in [5.74, 6) is 0.397. The van der Waals surface area contributed by atoms with E-state index in [1.165, 1.54) is 24.3 Å². The molecule has 0 saturated carbocycles. The minimum atomic E-state index is -0.812. The molecular weight excluding hydrogens is 535 g/mol. The number of benzene rings is 3. The Morgan fingerprint density at radius 3 is 2.43 bits per heavy atom. The van der Waals surface area contributed by atoms with Gasteiger partial charge in [-0.1, -0.05) is 36.4 Å². The van der Waals surface area contributed by atoms with Gasteiger partial charge in [0.25, 0.3) is 5.91 Å². The molecule has 1 fully saturated rings. The third-order valence-electron chi connectivity index (χ3n) is 7.41. The van der Waals surface area contributed by atoms with Crippen molar-refractivity contribution in [3.05, 3.63) is 108 Å². The van der Waals surface area contributed by atoms with Crippen LogP contribution in [-0.2, 0) is 11.2 Å². The predicted molar refractivity (Wildman–Crippen MR) is 157 cm³/mol. The molecule has 3 heterocycles. The number of Topliss-reactive ketones (excluding diaryl/α,β-unsaturated/α-hetero) is 1. The molecule has 1 saturated heterocycles. The molecule has 1 atom stereocenters. The van der Waals surface area contributed by atoms with Crippen molar-refractivity contribution in [3.8, 4) is 16.9 Å². The third kappa shape index (κ3) is 5.57. The van der Waals surface area contributed by atoms with Gasteiger partial charge in [-0.3, -0.25) is 9.59 Å². The zero-order chi connectivity index (χ0) is 29.2. The van der Waals surface area contributed by atoms with Gasteiger partial charge in [0.05, 0.1) is 18.8 Å². The number of halogens is 1. The fraction of sp³-hybridized carbons (Fsp3) is 0.188. The van der Waals surface area contributed by atoms with Gasteiger partial charge < -0.3 is 20.7 Å². The molecule has 0 unspecified atom stereocenters. The van der Waals surface area contributed by atoms with Gasteiger partial charge in [-0.15, -0.1) is 5.10 Å². The first-order valence-electron chi connectivity index (χ1n) is 13.6. The van der Waals surface area contributed by atoms with Crippen LogP contribution in [0.25, 0.3) is 16.8 Å². The Balaban J connectivity index is 1.14. The number of ketones is 1. The number of amides is 1. The van der Waals surface area contributed by atoms with Crippen LogP contribution in [0.4, 0.5) is 16.0 Å². The maximum Gasteiger partial charge on any atom is 0.253 e. The Hall–Kier alpha value is -5.09. The Morgan fingerprint density at radius 2 is 1.74 bits per heavy atom. The van der Waals surface area contributed by atoms with Crippen LogP contribution in [0.5, 0.6) is 5.75 Å². The third-order valence-corrected chi connectivity index (χ3v) is 7.41. The average Bonchev–Trinajstić information content (AvgIpc) is 3.38. The molecule has 0 bridgehead atoms. The van der Waals surface area contributed by atoms with Crippen LogP contribution < -0.4 is 15.8 Å². The number of nitrogens with two attached hydrogens (primary N) is 1. The van der Waals surface area contributed by atoms with Crippen LogP contribution in [0, 0.1) is 5.82 Å². The molecule has 3 N–H and O–H groups in total. The number of rotatable bonds is 9. The van der Waals surface area contributed by atoms with E-state index in [2.05, 4.69) is 15.4 Å². The highest BCUT2D eigenvalue weighted by Crippen LogP contribution is 2.29. The molecule has 5 aromatic rings. The zero-order valence-corrected chi connectivity index (χ0v) is 23.0. The number of pyridine rings is 1. The average molecular weight is 565 g/mol. The van der Waals surface area contributed by atoms with E-state index in [1.807, 2.05) is 47.5 Å². The Morgan fingerprint density at radius 1 is 1.00 bits per heavy atom. The van der Waals surface area contributed by atoms with Gasteiger partial charge >= 0.3 is 0 Å². The standard InChI is InChI=1S/C32H29FN6O3/c1-42-28-18-23(31(41)38-15-2-16-38)9-13-26(28)35-32-36-29-14-10-24(19-39(29)37-32)21-5-3-20(4-6-21)17-27(40)30(34)22-7-11-25(33)12-8-22/h3-14,18-19,30H,2,15-17,34H2,1H3,(H,35,37)/t30-/m1/s1. The number of ether oxygens (including phenoxy) is 1. The number of anilines is 2. The van der Waals surface area contributed by atoms with Crippen molar-refractivity contribution < 1.29 is 18.7 Å². The largest absolute Gasteiger partial charge is 0.495 e. The number of hydrogen-bond donors (Lipinski definition) is 2. The van der Waals surface area contributed by atoms with E-state index in [-0.39, 0.29) is 23.9 Å². The van der Waals surface area contributed by atoms with Crippen LogP contribution >= 0.6 is 0 Å². The van der Waals surface area contributed by atoms with Crippen LogP contribution in [-0.4, -0.2) is 51.4 Å². The maximum atomic E-state index is 13.2. The maximum absolute atomic E-state index is 13.2. The molecule has 42 heavy (non-hydrogen) atoms. The van der Waals surface area contributed by atoms with Gasteiger partial charge in [-0.2, -0.15) is 4.98 Å². The molecule has 0 aliphatic carbocycles. The number of likely N-dealkylation sites (tertiary alicyclic amines) is 1. The topological polar surface area (TPSA) is 115 Å². The lowest BCUT2D eigenvalue weighted by Crippen LogP contribution is -2.42. The smallest absolute Gasteiger partial charge is 0.253 e. The quantitative estimate of drug-likeness (QED) is 0.261. The summed E-state index contributed by atoms with van der Waals surface area (Å²) in [6, 6.07) is 21.6. The second-order valence-electron chi connectivity index (χ2n) is 10.2. The lowest BCUT2D eigenvalue weighted by molar-refractivity contribution is -0.119. The summed E-state index contributed by atoms with van der Waals surface area (Å²) in [6.07, 6.45) is 3.09. The van der Waals surface area contributed by atoms with Crippen molar-refractivity contribution in [1.82, 2.24) is 19.5 Å². The van der Waals surface area contributed by atoms with Gasteiger partial charge in [-0.05, 0) is 65.6 Å². The first-order chi connectivity index (χ1) is 20.4. The van der Waals surface area contributed by atoms with Crippen LogP contribution in [0.3, 0.4) is 0 Å². The van der Waals surface area contributed by atoms with Gasteiger partial charge in [-0.25, -0.2) is 8.91 Å². The highest BCUT2D eigenvalue weighted by Gasteiger charge is 2.23. The Labute approximate surface area is 241 Å². The Kier molecular flexibility index (Phi) is 7.37. The van der Waals surface area contributed by atoms with E-state index < -0.39 is 6.04 Å². The highest BCUT2D eigenvalue weighted by atomic mass is 19.1. The zero-order valence-electron chi connectivity index (χ0n) is 23.0. The summed E-state index contributed by atoms with van der Waals surface area (Å²) in [6.45, 7) is 1.57. The first kappa shape index (κ1) is 27.1. The number of fused-ring (bicyclic) bond motifs is 1. The minimum Gasteiger partial charge on any atom is -0.495 e. The summed E-state index contributed by atoms with van der Waals surface area (Å²) < 4.78 is 20.4. The highest BCUT2D eigenvalue weighted by molar-refractivity contribution is 5.96. The normalized spacial score (nSPS) is 13.5. The lowest BCUT2D eigenvalue weighted by atomic mass is 9.97. The summed E-state index contributed by atoms with van der Waals surface area (Å²) in [5.41, 5.74) is 11.3. The second kappa shape index (κ2) is 11.4. The van der Waals surface area contributed by atoms with Crippen LogP contribution in [0.15, 0.2) is 85.1 Å². The van der Waals surface area contributed by atoms with Crippen molar-refractivity contribution in [2.24, 2.45) is 5.73 Å². The van der Waals surface area contributed by atoms with Gasteiger partial charge in [0.1, 0.15) is 11.6 Å². The number of nitrogens with one attached hydrogen (secondary N) is 1. The number of aromatic nitrogens is 3. The fourth-order valence-corrected chi connectivity index (χ4v) is 4.84. The monoisotopic (exact) mass is 564 g/mol. The van der Waals surface area contributed by atoms with Crippen LogP contribution in [0.2, 0.25) is 0 Å². The summed E-state index contributed by atoms with van der Waals surface area (Å²) in [7, 11) is 1.56. The number of methoxy groups -OCH3 is 1. The molecule has 10 heteroatoms. The molecular formula is C32H29FN6O3. The van der Waals surface area contributed by atoms with E-state index in [4.69, 9.17) is 10.5 Å². The molecule has 0 spiro atoms. The van der Waals surface area contributed by atoms with Crippen molar-refractivity contribution in [3.63, 3.8) is 0 Å². The van der Waals surface area contributed by atoms with Gasteiger partial charge in [0.2, 0.25) is 5.95 Å². The Bertz CT molecular complexity index is 1760. The van der Waals surface area contributed by atoms with Crippen LogP contribution in [0.1, 0.15) is 33.9 Å². The van der Waals surface area contributed by atoms with E-state index in [1.54, 1.807) is 29.8 Å². The fourth-order valence-electron chi connectivity index (χ4n) is 4.84. The number of nitrogens with zero attached hydrogens (tertiary/aromatic N) is 4. The van der Waals surface area contributed by atoms with Gasteiger partial charge in [0.15, 0.2) is 11.4 Å². The van der Waals surface area contributed by atoms with E-state index in [9.17, 15) is 14.0 Å². The van der Waals surface area contributed by atoms with Crippen molar-refractivity contribution in [2.45, 2.75) is 18.9 Å². The number of carbonyl (C=O) groups is 2. The second-order valence-corrected chi connectivity index (χ2v) is 10.2. The molecule has 6 rings (SSSR count). The molecule has 9 nitrogen and oxygen atoms in total. The van der Waals surface area contributed by atoms with Crippen molar-refractivity contribution >= 4 is 29.0 Å². The molecule has 1 aliphatic rings. The molecule has 1 aliphatic heterocycles. The van der Waals surface area contributed by atoms with E-state index >= 15 is 0 Å². The number of hydrogen-bond acceptors (Lipinski definition) is 7. The van der Waals surface area contributed by atoms with Gasteiger partial charge in [0, 0.05) is 36.8 Å². The summed E-state index contributed by atoms with van der Waals surface area (Å²) >= 11 is 0.